The maximum Gasteiger partial charge on any atom is 0.337 e. The molecule has 3 aliphatic carbocycles. The normalized spacial score (nSPS) is 24.0. The monoisotopic (exact) mass is 633 g/mol. The number of esters is 1. The molecule has 244 valence electrons. The molecule has 2 aromatic rings. The SMILES string of the molecule is COC(=O)c1ccc(CCCc2cc(N(C)C)c3c(c2O)C(O)=C2C(=O)[C@]4(O)C(O)=C(C(N)=O)C(=O)[C@H](N(C)C)[C@@H]4C[C@@H]2C3)cc1. The van der Waals surface area contributed by atoms with Crippen LogP contribution in [0, 0.1) is 11.8 Å². The molecular formula is C34H39N3O9. The summed E-state index contributed by atoms with van der Waals surface area (Å²) in [5, 5.41) is 46.1. The van der Waals surface area contributed by atoms with Crippen LogP contribution in [0.5, 0.6) is 5.75 Å². The number of phenols is 1. The summed E-state index contributed by atoms with van der Waals surface area (Å²) in [5.41, 5.74) is 5.05. The van der Waals surface area contributed by atoms with Gasteiger partial charge in [-0.15, -0.1) is 0 Å². The Morgan fingerprint density at radius 1 is 1.04 bits per heavy atom. The number of hydrogen-bond donors (Lipinski definition) is 5. The lowest BCUT2D eigenvalue weighted by Gasteiger charge is -2.50. The van der Waals surface area contributed by atoms with Gasteiger partial charge in [0.05, 0.1) is 24.3 Å². The number of nitrogens with zero attached hydrogens (tertiary/aromatic N) is 2. The Bertz CT molecular complexity index is 1710. The lowest BCUT2D eigenvalue weighted by Crippen LogP contribution is -2.65. The van der Waals surface area contributed by atoms with Gasteiger partial charge in [-0.25, -0.2) is 4.79 Å². The topological polar surface area (TPSA) is 191 Å². The van der Waals surface area contributed by atoms with Gasteiger partial charge in [-0.2, -0.15) is 0 Å². The van der Waals surface area contributed by atoms with Gasteiger partial charge in [-0.3, -0.25) is 19.3 Å². The molecule has 0 spiro atoms. The van der Waals surface area contributed by atoms with E-state index in [2.05, 4.69) is 0 Å². The number of primary amides is 1. The quantitative estimate of drug-likeness (QED) is 0.211. The van der Waals surface area contributed by atoms with Crippen molar-refractivity contribution in [3.8, 4) is 5.75 Å². The van der Waals surface area contributed by atoms with Crippen molar-refractivity contribution in [3.63, 3.8) is 0 Å². The van der Waals surface area contributed by atoms with Crippen molar-refractivity contribution in [2.45, 2.75) is 43.7 Å². The van der Waals surface area contributed by atoms with Crippen LogP contribution in [0.15, 0.2) is 47.2 Å². The summed E-state index contributed by atoms with van der Waals surface area (Å²) in [6.45, 7) is 0. The first kappa shape index (κ1) is 32.7. The van der Waals surface area contributed by atoms with Crippen LogP contribution in [0.25, 0.3) is 5.76 Å². The Kier molecular flexibility index (Phi) is 8.47. The van der Waals surface area contributed by atoms with Gasteiger partial charge in [0.25, 0.3) is 5.91 Å². The van der Waals surface area contributed by atoms with Crippen molar-refractivity contribution >= 4 is 34.9 Å². The number of aromatic hydroxyl groups is 1. The zero-order valence-electron chi connectivity index (χ0n) is 26.5. The minimum Gasteiger partial charge on any atom is -0.508 e. The maximum absolute atomic E-state index is 14.2. The number of phenolic OH excluding ortho intramolecular Hbond substituents is 1. The molecule has 46 heavy (non-hydrogen) atoms. The average molecular weight is 634 g/mol. The highest BCUT2D eigenvalue weighted by atomic mass is 16.5. The molecule has 6 N–H and O–H groups in total. The summed E-state index contributed by atoms with van der Waals surface area (Å²) in [6.07, 6.45) is 1.91. The minimum atomic E-state index is -2.69. The summed E-state index contributed by atoms with van der Waals surface area (Å²) in [6, 6.07) is 7.75. The number of amides is 1. The lowest BCUT2D eigenvalue weighted by atomic mass is 9.57. The van der Waals surface area contributed by atoms with E-state index in [1.54, 1.807) is 26.2 Å². The fourth-order valence-corrected chi connectivity index (χ4v) is 7.34. The van der Waals surface area contributed by atoms with Crippen molar-refractivity contribution in [1.29, 1.82) is 0 Å². The van der Waals surface area contributed by atoms with Crippen LogP contribution in [0.3, 0.4) is 0 Å². The molecule has 1 saturated carbocycles. The molecule has 0 radical (unpaired) electrons. The summed E-state index contributed by atoms with van der Waals surface area (Å²) in [7, 11) is 8.11. The molecule has 1 amide bonds. The van der Waals surface area contributed by atoms with Crippen LogP contribution in [-0.2, 0) is 38.4 Å². The summed E-state index contributed by atoms with van der Waals surface area (Å²) in [4.78, 5) is 54.7. The molecule has 0 unspecified atom stereocenters. The highest BCUT2D eigenvalue weighted by Gasteiger charge is 2.64. The van der Waals surface area contributed by atoms with Crippen LogP contribution < -0.4 is 10.6 Å². The van der Waals surface area contributed by atoms with E-state index in [9.17, 15) is 39.6 Å². The van der Waals surface area contributed by atoms with Gasteiger partial charge in [0.2, 0.25) is 5.78 Å². The molecule has 0 aromatic heterocycles. The molecule has 5 rings (SSSR count). The van der Waals surface area contributed by atoms with Crippen LogP contribution in [0.2, 0.25) is 0 Å². The van der Waals surface area contributed by atoms with Gasteiger partial charge in [-0.05, 0) is 87.0 Å². The van der Waals surface area contributed by atoms with Crippen LogP contribution in [0.4, 0.5) is 5.69 Å². The largest absolute Gasteiger partial charge is 0.508 e. The van der Waals surface area contributed by atoms with Crippen molar-refractivity contribution < 1.29 is 44.3 Å². The highest BCUT2D eigenvalue weighted by molar-refractivity contribution is 6.24. The molecule has 0 aliphatic heterocycles. The summed E-state index contributed by atoms with van der Waals surface area (Å²) >= 11 is 0. The van der Waals surface area contributed by atoms with Gasteiger partial charge in [-0.1, -0.05) is 12.1 Å². The molecule has 3 aliphatic rings. The number of carbonyl (C=O) groups is 4. The Balaban J connectivity index is 1.55. The highest BCUT2D eigenvalue weighted by Crippen LogP contribution is 2.54. The van der Waals surface area contributed by atoms with Gasteiger partial charge < -0.3 is 35.8 Å². The van der Waals surface area contributed by atoms with Crippen molar-refractivity contribution in [2.24, 2.45) is 17.6 Å². The smallest absolute Gasteiger partial charge is 0.337 e. The minimum absolute atomic E-state index is 0.0237. The van der Waals surface area contributed by atoms with E-state index in [1.807, 2.05) is 37.2 Å². The van der Waals surface area contributed by atoms with Crippen LogP contribution in [-0.4, -0.2) is 95.7 Å². The van der Waals surface area contributed by atoms with Gasteiger partial charge in [0.15, 0.2) is 11.4 Å². The van der Waals surface area contributed by atoms with Gasteiger partial charge in [0.1, 0.15) is 22.8 Å². The zero-order valence-corrected chi connectivity index (χ0v) is 26.5. The molecule has 0 heterocycles. The van der Waals surface area contributed by atoms with Crippen molar-refractivity contribution in [3.05, 3.63) is 75.1 Å². The number of aryl methyl sites for hydroxylation is 2. The third kappa shape index (κ3) is 5.01. The Morgan fingerprint density at radius 2 is 1.70 bits per heavy atom. The molecule has 12 nitrogen and oxygen atoms in total. The average Bonchev–Trinajstić information content (AvgIpc) is 2.99. The van der Waals surface area contributed by atoms with Gasteiger partial charge in [0, 0.05) is 31.3 Å². The molecular weight excluding hydrogens is 594 g/mol. The number of nitrogens with two attached hydrogens (primary N) is 1. The van der Waals surface area contributed by atoms with E-state index < -0.39 is 64.0 Å². The van der Waals surface area contributed by atoms with Crippen molar-refractivity contribution in [1.82, 2.24) is 4.90 Å². The van der Waals surface area contributed by atoms with Crippen LogP contribution >= 0.6 is 0 Å². The lowest BCUT2D eigenvalue weighted by molar-refractivity contribution is -0.153. The number of rotatable bonds is 8. The number of hydrogen-bond acceptors (Lipinski definition) is 11. The molecule has 2 aromatic carbocycles. The van der Waals surface area contributed by atoms with E-state index in [-0.39, 0.29) is 29.7 Å². The second-order valence-corrected chi connectivity index (χ2v) is 12.7. The summed E-state index contributed by atoms with van der Waals surface area (Å²) < 4.78 is 4.74. The number of ketones is 2. The summed E-state index contributed by atoms with van der Waals surface area (Å²) in [5.74, 6) is -7.15. The van der Waals surface area contributed by atoms with E-state index >= 15 is 0 Å². The van der Waals surface area contributed by atoms with Crippen LogP contribution in [0.1, 0.15) is 45.5 Å². The third-order valence-corrected chi connectivity index (χ3v) is 9.54. The standard InChI is InChI=1S/C34H39N3O9/c1-36(2)22-15-18(8-6-7-16-9-11-17(12-10-16)33(44)46-5)27(38)24-20(22)13-19-14-21-26(37(3)4)29(40)25(32(35)43)31(42)34(21,45)30(41)23(19)28(24)39/h9-12,15,19,21,26,38-39,42,45H,6-8,13-14H2,1-5H3,(H2,35,43)/t19-,21-,26+,34-/m0/s1. The number of anilines is 1. The number of likely N-dealkylation sites (N-methyl/N-ethyl adjacent to an activating group) is 1. The number of ether oxygens (including phenoxy) is 1. The number of methoxy groups -OCH3 is 1. The van der Waals surface area contributed by atoms with Gasteiger partial charge >= 0.3 is 5.97 Å². The third-order valence-electron chi connectivity index (χ3n) is 9.54. The second kappa shape index (κ2) is 11.9. The zero-order chi connectivity index (χ0) is 33.8. The molecule has 0 saturated heterocycles. The van der Waals surface area contributed by atoms with E-state index in [0.717, 1.165) is 11.3 Å². The Labute approximate surface area is 266 Å². The predicted octanol–water partition coefficient (Wildman–Crippen LogP) is 1.99. The fraction of sp³-hybridized carbons (Fsp3) is 0.412. The number of Topliss-reactive ketones (excluding diaryl/α,β-unsaturated/α-hetero) is 2. The number of carbonyl (C=O) groups excluding carboxylic acids is 4. The first-order valence-corrected chi connectivity index (χ1v) is 15.0. The Hall–Kier alpha value is -4.68. The van der Waals surface area contributed by atoms with E-state index in [4.69, 9.17) is 10.5 Å². The number of aliphatic hydroxyl groups is 3. The Morgan fingerprint density at radius 3 is 2.26 bits per heavy atom. The molecule has 12 heteroatoms. The molecule has 0 bridgehead atoms. The van der Waals surface area contributed by atoms with Crippen molar-refractivity contribution in [2.75, 3.05) is 40.2 Å². The first-order valence-electron chi connectivity index (χ1n) is 15.0. The first-order chi connectivity index (χ1) is 21.6. The second-order valence-electron chi connectivity index (χ2n) is 12.7. The number of fused-ring (bicyclic) bond motifs is 3. The maximum atomic E-state index is 14.2. The van der Waals surface area contributed by atoms with E-state index in [0.29, 0.717) is 36.0 Å². The number of benzene rings is 2. The molecule has 1 fully saturated rings. The number of aliphatic hydroxyl groups excluding tert-OH is 2. The molecule has 4 atom stereocenters. The predicted molar refractivity (Wildman–Crippen MR) is 168 cm³/mol. The fourth-order valence-electron chi connectivity index (χ4n) is 7.34. The van der Waals surface area contributed by atoms with E-state index in [1.165, 1.54) is 12.0 Å².